The second-order valence-electron chi connectivity index (χ2n) is 3.99. The van der Waals surface area contributed by atoms with Gasteiger partial charge >= 0.3 is 0 Å². The number of nitriles is 1. The van der Waals surface area contributed by atoms with Crippen molar-refractivity contribution in [2.75, 3.05) is 6.26 Å². The minimum Gasteiger partial charge on any atom is -0.506 e. The van der Waals surface area contributed by atoms with Crippen LogP contribution in [0.15, 0.2) is 26.6 Å². The summed E-state index contributed by atoms with van der Waals surface area (Å²) in [4.78, 5) is 28.6. The summed E-state index contributed by atoms with van der Waals surface area (Å²) < 4.78 is 0.0633. The van der Waals surface area contributed by atoms with Gasteiger partial charge < -0.3 is 10.1 Å². The minimum atomic E-state index is -0.682. The molecule has 0 fully saturated rings. The average molecular weight is 383 g/mol. The van der Waals surface area contributed by atoms with Crippen LogP contribution in [0, 0.1) is 21.4 Å². The Morgan fingerprint density at radius 2 is 2.23 bits per heavy atom. The van der Waals surface area contributed by atoms with E-state index < -0.39 is 10.5 Å². The largest absolute Gasteiger partial charge is 0.506 e. The molecule has 0 aliphatic heterocycles. The maximum Gasteiger partial charge on any atom is 0.271 e. The van der Waals surface area contributed by atoms with Crippen LogP contribution in [0.5, 0.6) is 5.75 Å². The number of hydrogen-bond acceptors (Lipinski definition) is 7. The maximum atomic E-state index is 11.9. The topological polar surface area (TPSA) is 133 Å². The highest BCUT2D eigenvalue weighted by atomic mass is 79.9. The lowest BCUT2D eigenvalue weighted by atomic mass is 10.1. The molecule has 2 aromatic rings. The lowest BCUT2D eigenvalue weighted by Crippen LogP contribution is -2.14. The number of nitro benzene ring substituents is 1. The van der Waals surface area contributed by atoms with Crippen molar-refractivity contribution in [3.8, 4) is 23.1 Å². The molecule has 0 spiro atoms. The van der Waals surface area contributed by atoms with Crippen molar-refractivity contribution >= 4 is 33.4 Å². The summed E-state index contributed by atoms with van der Waals surface area (Å²) in [7, 11) is 0. The number of nitrogens with zero attached hydrogens (tertiary/aromatic N) is 3. The summed E-state index contributed by atoms with van der Waals surface area (Å²) in [5, 5.41) is 30.4. The molecule has 0 aliphatic rings. The molecular weight excluding hydrogens is 376 g/mol. The molecule has 1 heterocycles. The number of aromatic nitrogens is 2. The number of H-pyrrole nitrogens is 1. The highest BCUT2D eigenvalue weighted by Crippen LogP contribution is 2.39. The van der Waals surface area contributed by atoms with Crippen LogP contribution >= 0.6 is 27.7 Å². The number of aromatic hydroxyl groups is 1. The smallest absolute Gasteiger partial charge is 0.271 e. The number of phenols is 1. The fourth-order valence-electron chi connectivity index (χ4n) is 1.72. The third kappa shape index (κ3) is 2.81. The SMILES string of the molecule is CSc1nc(-c2cc([N+](=O)[O-])cc(Br)c2O)c(C#N)c(=O)[nH]1. The third-order valence-corrected chi connectivity index (χ3v) is 3.90. The molecule has 0 bridgehead atoms. The van der Waals surface area contributed by atoms with Crippen molar-refractivity contribution in [2.24, 2.45) is 0 Å². The molecule has 2 N–H and O–H groups in total. The van der Waals surface area contributed by atoms with Crippen LogP contribution in [0.2, 0.25) is 0 Å². The monoisotopic (exact) mass is 382 g/mol. The summed E-state index contributed by atoms with van der Waals surface area (Å²) in [5.41, 5.74) is -1.51. The number of hydrogen-bond donors (Lipinski definition) is 2. The molecule has 0 saturated carbocycles. The lowest BCUT2D eigenvalue weighted by molar-refractivity contribution is -0.384. The van der Waals surface area contributed by atoms with Gasteiger partial charge in [0.15, 0.2) is 5.16 Å². The molecule has 0 radical (unpaired) electrons. The van der Waals surface area contributed by atoms with E-state index in [1.165, 1.54) is 0 Å². The zero-order valence-electron chi connectivity index (χ0n) is 11.0. The Morgan fingerprint density at radius 1 is 1.55 bits per heavy atom. The van der Waals surface area contributed by atoms with Gasteiger partial charge in [0.05, 0.1) is 15.0 Å². The third-order valence-electron chi connectivity index (χ3n) is 2.72. The second-order valence-corrected chi connectivity index (χ2v) is 5.64. The zero-order chi connectivity index (χ0) is 16.4. The lowest BCUT2D eigenvalue weighted by Gasteiger charge is -2.08. The van der Waals surface area contributed by atoms with E-state index >= 15 is 0 Å². The van der Waals surface area contributed by atoms with Gasteiger partial charge in [-0.05, 0) is 22.2 Å². The highest BCUT2D eigenvalue weighted by molar-refractivity contribution is 9.10. The molecule has 0 aliphatic carbocycles. The summed E-state index contributed by atoms with van der Waals surface area (Å²) in [6, 6.07) is 3.88. The van der Waals surface area contributed by atoms with E-state index in [2.05, 4.69) is 25.9 Å². The summed E-state index contributed by atoms with van der Waals surface area (Å²) in [6.07, 6.45) is 1.66. The first-order valence-electron chi connectivity index (χ1n) is 5.64. The highest BCUT2D eigenvalue weighted by Gasteiger charge is 2.21. The molecule has 10 heteroatoms. The summed E-state index contributed by atoms with van der Waals surface area (Å²) in [6.45, 7) is 0. The first-order chi connectivity index (χ1) is 10.4. The number of rotatable bonds is 3. The number of thioether (sulfide) groups is 1. The molecule has 1 aromatic heterocycles. The molecule has 0 saturated heterocycles. The zero-order valence-corrected chi connectivity index (χ0v) is 13.4. The average Bonchev–Trinajstić information content (AvgIpc) is 2.48. The van der Waals surface area contributed by atoms with Gasteiger partial charge in [0.1, 0.15) is 23.1 Å². The number of aromatic amines is 1. The predicted octanol–water partition coefficient (Wildman–Crippen LogP) is 2.41. The Morgan fingerprint density at radius 3 is 2.77 bits per heavy atom. The number of phenolic OH excluding ortho intramolecular Hbond substituents is 1. The van der Waals surface area contributed by atoms with Gasteiger partial charge in [0, 0.05) is 12.1 Å². The first-order valence-corrected chi connectivity index (χ1v) is 7.66. The van der Waals surface area contributed by atoms with Crippen LogP contribution in [-0.4, -0.2) is 26.3 Å². The van der Waals surface area contributed by atoms with Gasteiger partial charge in [-0.15, -0.1) is 0 Å². The summed E-state index contributed by atoms with van der Waals surface area (Å²) >= 11 is 4.14. The van der Waals surface area contributed by atoms with Crippen molar-refractivity contribution < 1.29 is 10.0 Å². The Kier molecular flexibility index (Phi) is 4.48. The van der Waals surface area contributed by atoms with Crippen molar-refractivity contribution in [3.63, 3.8) is 0 Å². The van der Waals surface area contributed by atoms with Crippen LogP contribution in [-0.2, 0) is 0 Å². The Bertz CT molecular complexity index is 875. The van der Waals surface area contributed by atoms with E-state index in [0.717, 1.165) is 23.9 Å². The quantitative estimate of drug-likeness (QED) is 0.360. The van der Waals surface area contributed by atoms with Crippen molar-refractivity contribution in [2.45, 2.75) is 5.16 Å². The van der Waals surface area contributed by atoms with Crippen LogP contribution in [0.4, 0.5) is 5.69 Å². The Hall–Kier alpha value is -2.38. The van der Waals surface area contributed by atoms with E-state index in [1.54, 1.807) is 12.3 Å². The van der Waals surface area contributed by atoms with E-state index in [9.17, 15) is 20.0 Å². The molecule has 1 aromatic carbocycles. The van der Waals surface area contributed by atoms with Crippen LogP contribution in [0.1, 0.15) is 5.56 Å². The molecule has 2 rings (SSSR count). The first kappa shape index (κ1) is 16.0. The van der Waals surface area contributed by atoms with Crippen LogP contribution in [0.25, 0.3) is 11.3 Å². The van der Waals surface area contributed by atoms with Crippen molar-refractivity contribution in [3.05, 3.63) is 42.6 Å². The maximum absolute atomic E-state index is 11.9. The van der Waals surface area contributed by atoms with Gasteiger partial charge in [0.25, 0.3) is 11.2 Å². The Balaban J connectivity index is 2.87. The van der Waals surface area contributed by atoms with E-state index in [1.807, 2.05) is 0 Å². The number of halogens is 1. The normalized spacial score (nSPS) is 10.2. The van der Waals surface area contributed by atoms with Crippen LogP contribution in [0.3, 0.4) is 0 Å². The van der Waals surface area contributed by atoms with E-state index in [0.29, 0.717) is 0 Å². The minimum absolute atomic E-state index is 0.0633. The van der Waals surface area contributed by atoms with Crippen molar-refractivity contribution in [1.29, 1.82) is 5.26 Å². The van der Waals surface area contributed by atoms with Gasteiger partial charge in [-0.25, -0.2) is 4.98 Å². The number of non-ortho nitro benzene ring substituents is 1. The van der Waals surface area contributed by atoms with Gasteiger partial charge in [0.2, 0.25) is 0 Å². The second kappa shape index (κ2) is 6.17. The Labute approximate surface area is 136 Å². The molecule has 0 unspecified atom stereocenters. The van der Waals surface area contributed by atoms with Gasteiger partial charge in [-0.3, -0.25) is 14.9 Å². The molecule has 0 atom stereocenters. The molecule has 22 heavy (non-hydrogen) atoms. The van der Waals surface area contributed by atoms with Gasteiger partial charge in [-0.1, -0.05) is 11.8 Å². The van der Waals surface area contributed by atoms with Gasteiger partial charge in [-0.2, -0.15) is 5.26 Å². The number of benzene rings is 1. The fraction of sp³-hybridized carbons (Fsp3) is 0.0833. The van der Waals surface area contributed by atoms with Crippen molar-refractivity contribution in [1.82, 2.24) is 9.97 Å². The molecule has 0 amide bonds. The number of nitro groups is 1. The summed E-state index contributed by atoms with van der Waals surface area (Å²) in [5.74, 6) is -0.341. The van der Waals surface area contributed by atoms with Crippen LogP contribution < -0.4 is 5.56 Å². The predicted molar refractivity (Wildman–Crippen MR) is 82.8 cm³/mol. The molecule has 8 nitrogen and oxygen atoms in total. The van der Waals surface area contributed by atoms with E-state index in [-0.39, 0.29) is 37.9 Å². The molecule has 112 valence electrons. The number of nitrogens with one attached hydrogen (secondary N) is 1. The fourth-order valence-corrected chi connectivity index (χ4v) is 2.54. The van der Waals surface area contributed by atoms with E-state index in [4.69, 9.17) is 5.26 Å². The standard InChI is InChI=1S/C12H7BrN4O4S/c1-22-12-15-9(7(4-14)11(19)16-12)6-2-5(17(20)21)3-8(13)10(6)18/h2-3,18H,1H3,(H,15,16,19). The molecular formula is C12H7BrN4O4S.